The SMILES string of the molecule is O=S(=O)(OC[C@H]1O[C@@H]1CC(O)C(O)COC(c1ccccc1)(c1ccccc1)c1ccccc1)c1ccccc1. The van der Waals surface area contributed by atoms with Crippen molar-refractivity contribution in [1.29, 1.82) is 0 Å². The maximum Gasteiger partial charge on any atom is 0.297 e. The molecule has 0 aliphatic carbocycles. The van der Waals surface area contributed by atoms with E-state index in [4.69, 9.17) is 13.7 Å². The second kappa shape index (κ2) is 12.4. The van der Waals surface area contributed by atoms with Crippen LogP contribution < -0.4 is 0 Å². The average Bonchev–Trinajstić information content (AvgIpc) is 3.76. The number of ether oxygens (including phenoxy) is 2. The first-order valence-corrected chi connectivity index (χ1v) is 14.6. The Kier molecular flexibility index (Phi) is 8.75. The van der Waals surface area contributed by atoms with E-state index in [-0.39, 0.29) is 24.5 Å². The van der Waals surface area contributed by atoms with Crippen LogP contribution in [0.25, 0.3) is 0 Å². The molecule has 1 heterocycles. The second-order valence-corrected chi connectivity index (χ2v) is 11.3. The van der Waals surface area contributed by atoms with Crippen molar-refractivity contribution in [3.8, 4) is 0 Å². The van der Waals surface area contributed by atoms with Crippen molar-refractivity contribution in [2.75, 3.05) is 13.2 Å². The first kappa shape index (κ1) is 28.2. The molecule has 2 N–H and O–H groups in total. The Balaban J connectivity index is 1.25. The quantitative estimate of drug-likeness (QED) is 0.143. The van der Waals surface area contributed by atoms with Crippen molar-refractivity contribution in [2.45, 2.75) is 41.3 Å². The van der Waals surface area contributed by atoms with E-state index >= 15 is 0 Å². The Labute approximate surface area is 234 Å². The summed E-state index contributed by atoms with van der Waals surface area (Å²) in [6, 6.07) is 37.2. The lowest BCUT2D eigenvalue weighted by molar-refractivity contribution is -0.0810. The standard InChI is InChI=1S/C32H32O7S/c33-28(21-30-31(39-30)23-38-40(35,36)27-19-11-4-12-20-27)29(34)22-37-32(24-13-5-1-6-14-24,25-15-7-2-8-16-25)26-17-9-3-10-18-26/h1-20,28-31,33-34H,21-23H2/t28?,29?,30-,31-/m1/s1. The number of aliphatic hydroxyl groups excluding tert-OH is 2. The summed E-state index contributed by atoms with van der Waals surface area (Å²) in [6.45, 7) is -0.323. The Bertz CT molecular complexity index is 1350. The van der Waals surface area contributed by atoms with Gasteiger partial charge in [-0.3, -0.25) is 4.18 Å². The zero-order valence-corrected chi connectivity index (χ0v) is 22.6. The molecule has 2 unspecified atom stereocenters. The lowest BCUT2D eigenvalue weighted by atomic mass is 9.80. The van der Waals surface area contributed by atoms with Crippen LogP contribution in [0.5, 0.6) is 0 Å². The van der Waals surface area contributed by atoms with Gasteiger partial charge in [0, 0.05) is 6.42 Å². The third-order valence-corrected chi connectivity index (χ3v) is 8.33. The average molecular weight is 561 g/mol. The Morgan fingerprint density at radius 2 is 1.12 bits per heavy atom. The van der Waals surface area contributed by atoms with Crippen molar-refractivity contribution >= 4 is 10.1 Å². The van der Waals surface area contributed by atoms with Crippen LogP contribution in [-0.2, 0) is 29.4 Å². The normalized spacial score (nSPS) is 18.6. The van der Waals surface area contributed by atoms with Gasteiger partial charge in [0.2, 0.25) is 0 Å². The van der Waals surface area contributed by atoms with Crippen LogP contribution in [0.2, 0.25) is 0 Å². The fraction of sp³-hybridized carbons (Fsp3) is 0.250. The van der Waals surface area contributed by atoms with Gasteiger partial charge in [-0.2, -0.15) is 8.42 Å². The number of rotatable bonds is 13. The summed E-state index contributed by atoms with van der Waals surface area (Å²) in [5.74, 6) is 0. The van der Waals surface area contributed by atoms with E-state index in [1.165, 1.54) is 12.1 Å². The lowest BCUT2D eigenvalue weighted by Crippen LogP contribution is -2.39. The fourth-order valence-corrected chi connectivity index (χ4v) is 5.77. The van der Waals surface area contributed by atoms with Crippen LogP contribution >= 0.6 is 0 Å². The summed E-state index contributed by atoms with van der Waals surface area (Å²) < 4.78 is 41.9. The number of aliphatic hydroxyl groups is 2. The van der Waals surface area contributed by atoms with Gasteiger partial charge < -0.3 is 19.7 Å². The van der Waals surface area contributed by atoms with Crippen LogP contribution in [0.15, 0.2) is 126 Å². The third-order valence-electron chi connectivity index (χ3n) is 7.04. The van der Waals surface area contributed by atoms with E-state index in [1.807, 2.05) is 91.0 Å². The molecule has 0 spiro atoms. The van der Waals surface area contributed by atoms with Crippen molar-refractivity contribution in [2.24, 2.45) is 0 Å². The molecule has 40 heavy (non-hydrogen) atoms. The second-order valence-electron chi connectivity index (χ2n) is 9.73. The molecule has 1 saturated heterocycles. The van der Waals surface area contributed by atoms with E-state index < -0.39 is 40.1 Å². The predicted octanol–water partition coefficient (Wildman–Crippen LogP) is 4.28. The molecule has 8 heteroatoms. The Morgan fingerprint density at radius 3 is 1.60 bits per heavy atom. The summed E-state index contributed by atoms with van der Waals surface area (Å²) in [4.78, 5) is 0.0681. The van der Waals surface area contributed by atoms with E-state index in [2.05, 4.69) is 0 Å². The van der Waals surface area contributed by atoms with Gasteiger partial charge in [0.15, 0.2) is 0 Å². The van der Waals surface area contributed by atoms with Gasteiger partial charge in [0.05, 0.1) is 30.3 Å². The topological polar surface area (TPSA) is 106 Å². The maximum atomic E-state index is 12.3. The smallest absolute Gasteiger partial charge is 0.297 e. The van der Waals surface area contributed by atoms with E-state index in [0.717, 1.165) is 16.7 Å². The van der Waals surface area contributed by atoms with Gasteiger partial charge in [-0.25, -0.2) is 0 Å². The minimum absolute atomic E-state index is 0.0681. The molecule has 4 atom stereocenters. The molecule has 1 fully saturated rings. The highest BCUT2D eigenvalue weighted by atomic mass is 32.2. The molecule has 7 nitrogen and oxygen atoms in total. The largest absolute Gasteiger partial charge is 0.390 e. The van der Waals surface area contributed by atoms with E-state index in [1.54, 1.807) is 18.2 Å². The van der Waals surface area contributed by atoms with Crippen molar-refractivity contribution in [3.05, 3.63) is 138 Å². The molecule has 4 aromatic carbocycles. The van der Waals surface area contributed by atoms with Gasteiger partial charge in [-0.1, -0.05) is 109 Å². The van der Waals surface area contributed by atoms with Crippen LogP contribution in [-0.4, -0.2) is 56.3 Å². The zero-order valence-electron chi connectivity index (χ0n) is 21.8. The minimum atomic E-state index is -3.90. The highest BCUT2D eigenvalue weighted by Gasteiger charge is 2.43. The monoisotopic (exact) mass is 560 g/mol. The number of hydrogen-bond acceptors (Lipinski definition) is 7. The lowest BCUT2D eigenvalue weighted by Gasteiger charge is -2.37. The summed E-state index contributed by atoms with van der Waals surface area (Å²) in [6.07, 6.45) is -3.18. The number of hydrogen-bond donors (Lipinski definition) is 2. The minimum Gasteiger partial charge on any atom is -0.390 e. The van der Waals surface area contributed by atoms with Gasteiger partial charge in [0.25, 0.3) is 10.1 Å². The van der Waals surface area contributed by atoms with Crippen LogP contribution in [0, 0.1) is 0 Å². The molecule has 5 rings (SSSR count). The van der Waals surface area contributed by atoms with Gasteiger partial charge in [0.1, 0.15) is 17.8 Å². The highest BCUT2D eigenvalue weighted by Crippen LogP contribution is 2.40. The van der Waals surface area contributed by atoms with Crippen LogP contribution in [0.1, 0.15) is 23.1 Å². The third kappa shape index (κ3) is 6.33. The first-order chi connectivity index (χ1) is 19.4. The highest BCUT2D eigenvalue weighted by molar-refractivity contribution is 7.86. The maximum absolute atomic E-state index is 12.3. The predicted molar refractivity (Wildman–Crippen MR) is 150 cm³/mol. The molecule has 0 aromatic heterocycles. The number of epoxide rings is 1. The first-order valence-electron chi connectivity index (χ1n) is 13.2. The summed E-state index contributed by atoms with van der Waals surface area (Å²) in [5.41, 5.74) is 1.63. The van der Waals surface area contributed by atoms with Crippen molar-refractivity contribution in [1.82, 2.24) is 0 Å². The van der Waals surface area contributed by atoms with Crippen LogP contribution in [0.3, 0.4) is 0 Å². The fourth-order valence-electron chi connectivity index (χ4n) is 4.83. The molecule has 0 saturated carbocycles. The summed E-state index contributed by atoms with van der Waals surface area (Å²) in [5, 5.41) is 21.7. The Hall–Kier alpha value is -3.37. The molecule has 0 radical (unpaired) electrons. The number of benzene rings is 4. The van der Waals surface area contributed by atoms with E-state index in [9.17, 15) is 18.6 Å². The van der Waals surface area contributed by atoms with Crippen molar-refractivity contribution in [3.63, 3.8) is 0 Å². The molecule has 4 aromatic rings. The molecule has 0 amide bonds. The van der Waals surface area contributed by atoms with E-state index in [0.29, 0.717) is 0 Å². The molecule has 208 valence electrons. The molecular weight excluding hydrogens is 528 g/mol. The van der Waals surface area contributed by atoms with Crippen LogP contribution in [0.4, 0.5) is 0 Å². The molecular formula is C32H32O7S. The van der Waals surface area contributed by atoms with Gasteiger partial charge in [-0.05, 0) is 28.8 Å². The Morgan fingerprint density at radius 1 is 0.675 bits per heavy atom. The molecule has 1 aliphatic rings. The van der Waals surface area contributed by atoms with Gasteiger partial charge >= 0.3 is 0 Å². The summed E-state index contributed by atoms with van der Waals surface area (Å²) >= 11 is 0. The summed E-state index contributed by atoms with van der Waals surface area (Å²) in [7, 11) is -3.90. The zero-order chi connectivity index (χ0) is 28.0. The van der Waals surface area contributed by atoms with Gasteiger partial charge in [-0.15, -0.1) is 0 Å². The van der Waals surface area contributed by atoms with Crippen molar-refractivity contribution < 1.29 is 32.3 Å². The molecule has 1 aliphatic heterocycles. The molecule has 0 bridgehead atoms.